The molecule has 1 unspecified atom stereocenters. The maximum absolute atomic E-state index is 3.19. The van der Waals surface area contributed by atoms with Crippen molar-refractivity contribution in [2.24, 2.45) is 0 Å². The van der Waals surface area contributed by atoms with E-state index < -0.39 is 0 Å². The molecule has 9 heavy (non-hydrogen) atoms. The van der Waals surface area contributed by atoms with Crippen LogP contribution in [0.4, 0.5) is 0 Å². The van der Waals surface area contributed by atoms with E-state index in [0.717, 1.165) is 0 Å². The first-order chi connectivity index (χ1) is 2.50. The van der Waals surface area contributed by atoms with Crippen LogP contribution in [-0.2, 0) is 26.2 Å². The van der Waals surface area contributed by atoms with Gasteiger partial charge in [-0.05, 0) is 0 Å². The van der Waals surface area contributed by atoms with Gasteiger partial charge in [-0.15, -0.1) is 0 Å². The Morgan fingerprint density at radius 3 is 1.89 bits per heavy atom. The summed E-state index contributed by atoms with van der Waals surface area (Å²) >= 11 is 1.06. The van der Waals surface area contributed by atoms with Crippen LogP contribution < -0.4 is 37.2 Å². The number of rotatable bonds is 0. The van der Waals surface area contributed by atoms with Gasteiger partial charge in [0.15, 0.2) is 0 Å². The van der Waals surface area contributed by atoms with Crippen LogP contribution in [0.25, 0.3) is 0 Å². The van der Waals surface area contributed by atoms with E-state index in [2.05, 4.69) is 15.7 Å². The molecule has 50 valence electrons. The van der Waals surface area contributed by atoms with Crippen LogP contribution >= 0.6 is 0 Å². The summed E-state index contributed by atoms with van der Waals surface area (Å²) in [6, 6.07) is 0. The third-order valence-corrected chi connectivity index (χ3v) is 6.32. The smallest absolute Gasteiger partial charge is 1.00 e. The number of hydrogen-bond donors (Lipinski definition) is 0. The minimum atomic E-state index is 0. The molecule has 0 bridgehead atoms. The van der Waals surface area contributed by atoms with Gasteiger partial charge >= 0.3 is 68.9 Å². The molecule has 1 heterocycles. The molecule has 0 fully saturated rings. The summed E-state index contributed by atoms with van der Waals surface area (Å²) in [7, 11) is 0. The predicted octanol–water partition coefficient (Wildman–Crippen LogP) is -9.74. The van der Waals surface area contributed by atoms with Crippen molar-refractivity contribution < 1.29 is 63.4 Å². The second-order valence-electron chi connectivity index (χ2n) is 0.703. The molecule has 0 saturated heterocycles. The molecule has 0 spiro atoms. The fraction of sp³-hybridized carbons (Fsp3) is 0. The second-order valence-corrected chi connectivity index (χ2v) is 8.21. The largest absolute Gasteiger partial charge is 4.00 e. The average Bonchev–Trinajstić information content (AvgIpc) is 1.76. The van der Waals surface area contributed by atoms with Crippen molar-refractivity contribution in [2.75, 3.05) is 0 Å². The molecule has 0 aromatic heterocycles. The summed E-state index contributed by atoms with van der Waals surface area (Å²) in [6.07, 6.45) is 2.08. The first-order valence-corrected chi connectivity index (χ1v) is 9.32. The Bertz CT molecular complexity index is 75.1. The zero-order valence-corrected chi connectivity index (χ0v) is 12.9. The minimum absolute atomic E-state index is 0. The Hall–Kier alpha value is 2.48. The molecule has 0 amide bonds. The third kappa shape index (κ3) is 13.5. The Morgan fingerprint density at radius 1 is 1.22 bits per heavy atom. The van der Waals surface area contributed by atoms with Crippen LogP contribution in [0.2, 0.25) is 0 Å². The molecule has 0 radical (unpaired) electrons. The van der Waals surface area contributed by atoms with Gasteiger partial charge in [0.2, 0.25) is 0 Å². The topological polar surface area (TPSA) is 0 Å². The third-order valence-electron chi connectivity index (χ3n) is 0.362. The van der Waals surface area contributed by atoms with Gasteiger partial charge in [0.25, 0.3) is 0 Å². The molecule has 0 aromatic rings. The standard InChI is InChI=1S/C3H3As2.3ClH.Zr/c1-2-4-5-3-1;;;;/h1-2,4H;3*1H;/q-1;;;;+4/p-3. The van der Waals surface area contributed by atoms with Gasteiger partial charge in [-0.1, -0.05) is 0 Å². The average molecular weight is 386 g/mol. The Labute approximate surface area is 105 Å². The zero-order valence-electron chi connectivity index (χ0n) is 4.24. The van der Waals surface area contributed by atoms with E-state index in [1.807, 2.05) is 0 Å². The van der Waals surface area contributed by atoms with Crippen molar-refractivity contribution >= 4 is 31.7 Å². The van der Waals surface area contributed by atoms with Crippen molar-refractivity contribution in [3.8, 4) is 0 Å². The van der Waals surface area contributed by atoms with Crippen LogP contribution in [0.15, 0.2) is 10.9 Å². The molecule has 1 rings (SSSR count). The summed E-state index contributed by atoms with van der Waals surface area (Å²) in [4.78, 5) is 5.48. The first kappa shape index (κ1) is 22.5. The van der Waals surface area contributed by atoms with E-state index in [-0.39, 0.29) is 63.4 Å². The second kappa shape index (κ2) is 16.8. The summed E-state index contributed by atoms with van der Waals surface area (Å²) in [6.45, 7) is 0. The van der Waals surface area contributed by atoms with E-state index in [9.17, 15) is 0 Å². The minimum Gasteiger partial charge on any atom is -1.00 e. The van der Waals surface area contributed by atoms with Gasteiger partial charge in [-0.25, -0.2) is 0 Å². The Morgan fingerprint density at radius 2 is 1.78 bits per heavy atom. The van der Waals surface area contributed by atoms with Crippen LogP contribution in [0.3, 0.4) is 0 Å². The fourth-order valence-electron chi connectivity index (χ4n) is 0.186. The van der Waals surface area contributed by atoms with Crippen LogP contribution in [0.5, 0.6) is 0 Å². The molecular weight excluding hydrogens is 383 g/mol. The van der Waals surface area contributed by atoms with Gasteiger partial charge in [-0.3, -0.25) is 0 Å². The maximum Gasteiger partial charge on any atom is 4.00 e. The monoisotopic (exact) mass is 384 g/mol. The summed E-state index contributed by atoms with van der Waals surface area (Å²) in [5, 5.41) is 0. The van der Waals surface area contributed by atoms with Gasteiger partial charge in [-0.2, -0.15) is 0 Å². The van der Waals surface area contributed by atoms with Gasteiger partial charge in [0, 0.05) is 0 Å². The molecule has 0 saturated carbocycles. The van der Waals surface area contributed by atoms with Gasteiger partial charge in [0.1, 0.15) is 0 Å². The van der Waals surface area contributed by atoms with Crippen molar-refractivity contribution in [1.29, 1.82) is 0 Å². The fourth-order valence-corrected chi connectivity index (χ4v) is 5.03. The molecule has 1 aliphatic heterocycles. The summed E-state index contributed by atoms with van der Waals surface area (Å²) in [5.41, 5.74) is 0. The summed E-state index contributed by atoms with van der Waals surface area (Å²) < 4.78 is 0. The Kier molecular flexibility index (Phi) is 42.1. The van der Waals surface area contributed by atoms with Gasteiger partial charge in [0.05, 0.1) is 0 Å². The quantitative estimate of drug-likeness (QED) is 0.287. The SMILES string of the molecule is [C-]1=[As][AsH]C=C1.[Cl-].[Cl-].[Cl-].[Zr+4]. The van der Waals surface area contributed by atoms with E-state index in [1.165, 1.54) is 0 Å². The summed E-state index contributed by atoms with van der Waals surface area (Å²) in [5.74, 6) is 0. The van der Waals surface area contributed by atoms with Crippen LogP contribution in [-0.4, -0.2) is 31.7 Å². The number of allylic oxidation sites excluding steroid dienone is 1. The number of halogens is 3. The Balaban J connectivity index is -0.0000000312. The van der Waals surface area contributed by atoms with Crippen molar-refractivity contribution in [1.82, 2.24) is 0 Å². The molecule has 0 aliphatic carbocycles. The van der Waals surface area contributed by atoms with Gasteiger partial charge < -0.3 is 37.2 Å². The molecule has 0 nitrogen and oxygen atoms in total. The van der Waals surface area contributed by atoms with E-state index in [1.54, 1.807) is 0 Å². The normalized spacial score (nSPS) is 14.2. The van der Waals surface area contributed by atoms with E-state index in [0.29, 0.717) is 26.9 Å². The number of hydrogen-bond acceptors (Lipinski definition) is 0. The predicted molar refractivity (Wildman–Crippen MR) is 27.0 cm³/mol. The van der Waals surface area contributed by atoms with Crippen molar-refractivity contribution in [3.63, 3.8) is 0 Å². The molecular formula is C3H3As2Cl3Zr. The van der Waals surface area contributed by atoms with Crippen molar-refractivity contribution in [3.05, 3.63) is 10.9 Å². The first-order valence-electron chi connectivity index (χ1n) is 1.36. The van der Waals surface area contributed by atoms with E-state index >= 15 is 0 Å². The molecule has 0 aromatic carbocycles. The van der Waals surface area contributed by atoms with E-state index in [4.69, 9.17) is 0 Å². The van der Waals surface area contributed by atoms with Crippen molar-refractivity contribution in [2.45, 2.75) is 0 Å². The maximum atomic E-state index is 3.19. The van der Waals surface area contributed by atoms with Crippen LogP contribution in [0, 0.1) is 0 Å². The van der Waals surface area contributed by atoms with Crippen LogP contribution in [0.1, 0.15) is 0 Å². The molecule has 0 N–H and O–H groups in total. The molecule has 6 heteroatoms. The molecule has 1 aliphatic rings. The molecule has 1 atom stereocenters. The zero-order chi connectivity index (χ0) is 3.54.